The van der Waals surface area contributed by atoms with Gasteiger partial charge in [0.15, 0.2) is 0 Å². The lowest BCUT2D eigenvalue weighted by molar-refractivity contribution is 0.0697. The highest BCUT2D eigenvalue weighted by atomic mass is 16.4. The summed E-state index contributed by atoms with van der Waals surface area (Å²) in [5.41, 5.74) is 2.10. The van der Waals surface area contributed by atoms with E-state index < -0.39 is 5.97 Å². The van der Waals surface area contributed by atoms with Crippen molar-refractivity contribution in [1.29, 1.82) is 0 Å². The van der Waals surface area contributed by atoms with Gasteiger partial charge in [0, 0.05) is 18.8 Å². The summed E-state index contributed by atoms with van der Waals surface area (Å²) in [4.78, 5) is 13.2. The van der Waals surface area contributed by atoms with Crippen molar-refractivity contribution in [2.75, 3.05) is 18.0 Å². The first kappa shape index (κ1) is 11.6. The average molecular weight is 245 g/mol. The van der Waals surface area contributed by atoms with Crippen molar-refractivity contribution in [2.45, 2.75) is 32.1 Å². The Balaban J connectivity index is 1.74. The van der Waals surface area contributed by atoms with Crippen LogP contribution in [0.25, 0.3) is 0 Å². The number of carboxylic acids is 1. The molecular formula is C15H19NO2. The van der Waals surface area contributed by atoms with Crippen molar-refractivity contribution in [3.8, 4) is 0 Å². The Morgan fingerprint density at radius 3 is 2.39 bits per heavy atom. The molecule has 0 atom stereocenters. The van der Waals surface area contributed by atoms with Crippen LogP contribution in [0.3, 0.4) is 0 Å². The lowest BCUT2D eigenvalue weighted by Crippen LogP contribution is -2.24. The van der Waals surface area contributed by atoms with Crippen LogP contribution in [0.15, 0.2) is 24.3 Å². The lowest BCUT2D eigenvalue weighted by atomic mass is 9.86. The number of hydrogen-bond acceptors (Lipinski definition) is 2. The fourth-order valence-electron chi connectivity index (χ4n) is 3.50. The Hall–Kier alpha value is -1.51. The van der Waals surface area contributed by atoms with E-state index in [0.717, 1.165) is 13.1 Å². The summed E-state index contributed by atoms with van der Waals surface area (Å²) in [5.74, 6) is -0.852. The maximum Gasteiger partial charge on any atom is 0.335 e. The highest BCUT2D eigenvalue weighted by molar-refractivity contribution is 5.88. The quantitative estimate of drug-likeness (QED) is 0.870. The number of carboxylic acid groups (broad SMARTS) is 1. The third-order valence-corrected chi connectivity index (χ3v) is 4.58. The van der Waals surface area contributed by atoms with Crippen molar-refractivity contribution in [3.05, 3.63) is 29.8 Å². The lowest BCUT2D eigenvalue weighted by Gasteiger charge is -2.24. The van der Waals surface area contributed by atoms with E-state index >= 15 is 0 Å². The number of benzene rings is 1. The van der Waals surface area contributed by atoms with Crippen LogP contribution in [0.4, 0.5) is 5.69 Å². The Morgan fingerprint density at radius 2 is 1.78 bits per heavy atom. The summed E-state index contributed by atoms with van der Waals surface area (Å²) in [6.45, 7) is 2.27. The van der Waals surface area contributed by atoms with Crippen LogP contribution in [0, 0.1) is 5.41 Å². The molecule has 3 nitrogen and oxygen atoms in total. The molecule has 0 bridgehead atoms. The van der Waals surface area contributed by atoms with Gasteiger partial charge in [-0.2, -0.15) is 0 Å². The standard InChI is InChI=1S/C15H19NO2/c17-14(18)12-3-5-13(6-4-12)16-10-9-15(11-16)7-1-2-8-15/h3-6H,1-2,7-11H2,(H,17,18). The molecule has 1 aromatic carbocycles. The number of hydrogen-bond donors (Lipinski definition) is 1. The fourth-order valence-corrected chi connectivity index (χ4v) is 3.50. The summed E-state index contributed by atoms with van der Waals surface area (Å²) >= 11 is 0. The summed E-state index contributed by atoms with van der Waals surface area (Å²) in [6, 6.07) is 7.30. The predicted octanol–water partition coefficient (Wildman–Crippen LogP) is 3.16. The maximum absolute atomic E-state index is 10.8. The minimum atomic E-state index is -0.852. The van der Waals surface area contributed by atoms with E-state index in [9.17, 15) is 4.79 Å². The van der Waals surface area contributed by atoms with Crippen molar-refractivity contribution >= 4 is 11.7 Å². The van der Waals surface area contributed by atoms with E-state index in [1.54, 1.807) is 12.1 Å². The molecule has 3 rings (SSSR count). The van der Waals surface area contributed by atoms with Crippen LogP contribution in [-0.2, 0) is 0 Å². The van der Waals surface area contributed by atoms with Crippen molar-refractivity contribution in [1.82, 2.24) is 0 Å². The average Bonchev–Trinajstić information content (AvgIpc) is 3.01. The van der Waals surface area contributed by atoms with Gasteiger partial charge in [-0.15, -0.1) is 0 Å². The van der Waals surface area contributed by atoms with Gasteiger partial charge in [0.2, 0.25) is 0 Å². The van der Waals surface area contributed by atoms with Gasteiger partial charge in [-0.3, -0.25) is 0 Å². The third-order valence-electron chi connectivity index (χ3n) is 4.58. The topological polar surface area (TPSA) is 40.5 Å². The number of aromatic carboxylic acids is 1. The first-order chi connectivity index (χ1) is 8.69. The molecule has 2 fully saturated rings. The maximum atomic E-state index is 10.8. The Kier molecular flexibility index (Phi) is 2.77. The third kappa shape index (κ3) is 1.98. The Morgan fingerprint density at radius 1 is 1.11 bits per heavy atom. The van der Waals surface area contributed by atoms with Gasteiger partial charge in [0.25, 0.3) is 0 Å². The number of rotatable bonds is 2. The van der Waals surface area contributed by atoms with Crippen LogP contribution < -0.4 is 4.90 Å². The van der Waals surface area contributed by atoms with Crippen molar-refractivity contribution < 1.29 is 9.90 Å². The summed E-state index contributed by atoms with van der Waals surface area (Å²) in [7, 11) is 0. The van der Waals surface area contributed by atoms with Gasteiger partial charge < -0.3 is 10.0 Å². The molecule has 1 saturated carbocycles. The van der Waals surface area contributed by atoms with Gasteiger partial charge in [0.1, 0.15) is 0 Å². The van der Waals surface area contributed by atoms with Crippen LogP contribution in [-0.4, -0.2) is 24.2 Å². The van der Waals surface area contributed by atoms with E-state index in [1.165, 1.54) is 37.8 Å². The van der Waals surface area contributed by atoms with Crippen LogP contribution in [0.5, 0.6) is 0 Å². The zero-order valence-corrected chi connectivity index (χ0v) is 10.6. The number of anilines is 1. The zero-order chi connectivity index (χ0) is 12.6. The molecule has 1 spiro atoms. The minimum absolute atomic E-state index is 0.369. The molecule has 18 heavy (non-hydrogen) atoms. The van der Waals surface area contributed by atoms with Crippen LogP contribution in [0.2, 0.25) is 0 Å². The molecule has 1 heterocycles. The summed E-state index contributed by atoms with van der Waals surface area (Å²) in [6.07, 6.45) is 6.80. The molecule has 0 amide bonds. The second-order valence-electron chi connectivity index (χ2n) is 5.73. The van der Waals surface area contributed by atoms with E-state index in [4.69, 9.17) is 5.11 Å². The molecule has 3 heteroatoms. The SMILES string of the molecule is O=C(O)c1ccc(N2CCC3(CCCC3)C2)cc1. The van der Waals surface area contributed by atoms with Gasteiger partial charge >= 0.3 is 5.97 Å². The van der Waals surface area contributed by atoms with Crippen molar-refractivity contribution in [2.24, 2.45) is 5.41 Å². The molecular weight excluding hydrogens is 226 g/mol. The molecule has 1 saturated heterocycles. The second-order valence-corrected chi connectivity index (χ2v) is 5.73. The van der Waals surface area contributed by atoms with E-state index in [1.807, 2.05) is 12.1 Å². The molecule has 96 valence electrons. The van der Waals surface area contributed by atoms with Gasteiger partial charge in [0.05, 0.1) is 5.56 Å². The Labute approximate surface area is 107 Å². The fraction of sp³-hybridized carbons (Fsp3) is 0.533. The van der Waals surface area contributed by atoms with Gasteiger partial charge in [-0.05, 0) is 48.9 Å². The van der Waals surface area contributed by atoms with E-state index in [2.05, 4.69) is 4.90 Å². The summed E-state index contributed by atoms with van der Waals surface area (Å²) < 4.78 is 0. The molecule has 0 radical (unpaired) electrons. The Bertz CT molecular complexity index is 446. The molecule has 1 aliphatic heterocycles. The zero-order valence-electron chi connectivity index (χ0n) is 10.6. The van der Waals surface area contributed by atoms with E-state index in [0.29, 0.717) is 11.0 Å². The van der Waals surface area contributed by atoms with Gasteiger partial charge in [-0.25, -0.2) is 4.79 Å². The van der Waals surface area contributed by atoms with Crippen molar-refractivity contribution in [3.63, 3.8) is 0 Å². The molecule has 1 N–H and O–H groups in total. The molecule has 0 unspecified atom stereocenters. The molecule has 2 aliphatic rings. The smallest absolute Gasteiger partial charge is 0.335 e. The minimum Gasteiger partial charge on any atom is -0.478 e. The molecule has 1 aromatic rings. The largest absolute Gasteiger partial charge is 0.478 e. The first-order valence-electron chi connectivity index (χ1n) is 6.77. The highest BCUT2D eigenvalue weighted by Crippen LogP contribution is 2.46. The number of carbonyl (C=O) groups is 1. The molecule has 1 aliphatic carbocycles. The highest BCUT2D eigenvalue weighted by Gasteiger charge is 2.40. The normalized spacial score (nSPS) is 21.7. The monoisotopic (exact) mass is 245 g/mol. The van der Waals surface area contributed by atoms with E-state index in [-0.39, 0.29) is 0 Å². The predicted molar refractivity (Wildman–Crippen MR) is 71.1 cm³/mol. The second kappa shape index (κ2) is 4.30. The molecule has 0 aromatic heterocycles. The van der Waals surface area contributed by atoms with Crippen LogP contribution in [0.1, 0.15) is 42.5 Å². The number of nitrogens with zero attached hydrogens (tertiary/aromatic N) is 1. The summed E-state index contributed by atoms with van der Waals surface area (Å²) in [5, 5.41) is 8.89. The van der Waals surface area contributed by atoms with Crippen LogP contribution >= 0.6 is 0 Å². The van der Waals surface area contributed by atoms with Gasteiger partial charge in [-0.1, -0.05) is 12.8 Å². The first-order valence-corrected chi connectivity index (χ1v) is 6.77.